The van der Waals surface area contributed by atoms with Crippen LogP contribution in [-0.4, -0.2) is 31.8 Å². The minimum Gasteiger partial charge on any atom is -0.495 e. The fourth-order valence-corrected chi connectivity index (χ4v) is 3.71. The first-order chi connectivity index (χ1) is 14.2. The van der Waals surface area contributed by atoms with E-state index in [-0.39, 0.29) is 0 Å². The summed E-state index contributed by atoms with van der Waals surface area (Å²) in [7, 11) is 1.66. The van der Waals surface area contributed by atoms with E-state index in [2.05, 4.69) is 25.9 Å². The SMILES string of the molecule is COc1c(Br)cccc1-c1nc(Cc2cccnc2)nn1CCc1ccncc1. The molecule has 0 saturated heterocycles. The molecule has 1 aromatic carbocycles. The molecule has 3 aromatic heterocycles. The summed E-state index contributed by atoms with van der Waals surface area (Å²) in [6.07, 6.45) is 8.69. The van der Waals surface area contributed by atoms with Gasteiger partial charge in [0.2, 0.25) is 0 Å². The minimum atomic E-state index is 0.624. The monoisotopic (exact) mass is 449 g/mol. The maximum absolute atomic E-state index is 5.63. The highest BCUT2D eigenvalue weighted by atomic mass is 79.9. The molecule has 4 rings (SSSR count). The molecule has 0 unspecified atom stereocenters. The van der Waals surface area contributed by atoms with E-state index in [1.807, 2.05) is 65.7 Å². The van der Waals surface area contributed by atoms with Gasteiger partial charge in [-0.15, -0.1) is 0 Å². The number of aromatic nitrogens is 5. The van der Waals surface area contributed by atoms with Crippen molar-refractivity contribution in [1.29, 1.82) is 0 Å². The third-order valence-corrected chi connectivity index (χ3v) is 5.20. The third-order valence-electron chi connectivity index (χ3n) is 4.57. The van der Waals surface area contributed by atoms with E-state index in [1.54, 1.807) is 13.3 Å². The molecule has 0 radical (unpaired) electrons. The van der Waals surface area contributed by atoms with E-state index < -0.39 is 0 Å². The van der Waals surface area contributed by atoms with Crippen molar-refractivity contribution < 1.29 is 4.74 Å². The van der Waals surface area contributed by atoms with Crippen LogP contribution < -0.4 is 4.74 Å². The molecule has 0 aliphatic heterocycles. The van der Waals surface area contributed by atoms with E-state index in [4.69, 9.17) is 14.8 Å². The molecule has 146 valence electrons. The lowest BCUT2D eigenvalue weighted by Crippen LogP contribution is -2.06. The van der Waals surface area contributed by atoms with Crippen LogP contribution in [0.3, 0.4) is 0 Å². The lowest BCUT2D eigenvalue weighted by Gasteiger charge is -2.11. The maximum atomic E-state index is 5.63. The van der Waals surface area contributed by atoms with Gasteiger partial charge in [-0.2, -0.15) is 5.10 Å². The van der Waals surface area contributed by atoms with Crippen molar-refractivity contribution in [2.45, 2.75) is 19.4 Å². The number of nitrogens with zero attached hydrogens (tertiary/aromatic N) is 5. The first kappa shape index (κ1) is 19.3. The van der Waals surface area contributed by atoms with Gasteiger partial charge in [-0.1, -0.05) is 12.1 Å². The summed E-state index contributed by atoms with van der Waals surface area (Å²) in [5.74, 6) is 2.29. The normalized spacial score (nSPS) is 10.8. The number of methoxy groups -OCH3 is 1. The number of hydrogen-bond donors (Lipinski definition) is 0. The van der Waals surface area contributed by atoms with Crippen LogP contribution in [0.5, 0.6) is 5.75 Å². The average molecular weight is 450 g/mol. The fraction of sp³-hybridized carbons (Fsp3) is 0.182. The third kappa shape index (κ3) is 4.51. The van der Waals surface area contributed by atoms with Crippen molar-refractivity contribution in [3.8, 4) is 17.1 Å². The van der Waals surface area contributed by atoms with Crippen molar-refractivity contribution >= 4 is 15.9 Å². The molecule has 7 heteroatoms. The van der Waals surface area contributed by atoms with Gasteiger partial charge in [-0.25, -0.2) is 9.67 Å². The Morgan fingerprint density at radius 3 is 2.59 bits per heavy atom. The maximum Gasteiger partial charge on any atom is 0.162 e. The Hall–Kier alpha value is -3.06. The number of hydrogen-bond acceptors (Lipinski definition) is 5. The largest absolute Gasteiger partial charge is 0.495 e. The summed E-state index contributed by atoms with van der Waals surface area (Å²) in [6, 6.07) is 13.9. The Labute approximate surface area is 177 Å². The molecule has 4 aromatic rings. The number of ether oxygens (including phenoxy) is 1. The Morgan fingerprint density at radius 1 is 0.966 bits per heavy atom. The summed E-state index contributed by atoms with van der Waals surface area (Å²) in [4.78, 5) is 13.1. The van der Waals surface area contributed by atoms with Gasteiger partial charge in [0, 0.05) is 37.8 Å². The van der Waals surface area contributed by atoms with E-state index in [0.717, 1.165) is 39.4 Å². The van der Waals surface area contributed by atoms with Gasteiger partial charge in [-0.05, 0) is 63.8 Å². The molecule has 29 heavy (non-hydrogen) atoms. The zero-order valence-electron chi connectivity index (χ0n) is 16.0. The molecule has 3 heterocycles. The van der Waals surface area contributed by atoms with Crippen LogP contribution in [0.15, 0.2) is 71.7 Å². The molecule has 0 N–H and O–H groups in total. The molecule has 0 aliphatic carbocycles. The number of pyridine rings is 2. The van der Waals surface area contributed by atoms with Crippen molar-refractivity contribution in [3.63, 3.8) is 0 Å². The Bertz CT molecular complexity index is 1080. The topological polar surface area (TPSA) is 65.7 Å². The Morgan fingerprint density at radius 2 is 1.83 bits per heavy atom. The zero-order valence-corrected chi connectivity index (χ0v) is 17.6. The van der Waals surface area contributed by atoms with Crippen molar-refractivity contribution in [2.75, 3.05) is 7.11 Å². The Balaban J connectivity index is 1.70. The van der Waals surface area contributed by atoms with Gasteiger partial charge < -0.3 is 4.74 Å². The molecule has 0 atom stereocenters. The minimum absolute atomic E-state index is 0.624. The quantitative estimate of drug-likeness (QED) is 0.419. The summed E-state index contributed by atoms with van der Waals surface area (Å²) < 4.78 is 8.47. The molecule has 0 spiro atoms. The smallest absolute Gasteiger partial charge is 0.162 e. The zero-order chi connectivity index (χ0) is 20.1. The summed E-state index contributed by atoms with van der Waals surface area (Å²) >= 11 is 3.57. The van der Waals surface area contributed by atoms with Crippen LogP contribution in [0.4, 0.5) is 0 Å². The lowest BCUT2D eigenvalue weighted by atomic mass is 10.1. The molecule has 0 bridgehead atoms. The molecular weight excluding hydrogens is 430 g/mol. The van der Waals surface area contributed by atoms with Crippen LogP contribution in [-0.2, 0) is 19.4 Å². The molecule has 0 fully saturated rings. The predicted octanol–water partition coefficient (Wildman–Crippen LogP) is 4.34. The van der Waals surface area contributed by atoms with Crippen LogP contribution in [0.25, 0.3) is 11.4 Å². The van der Waals surface area contributed by atoms with Gasteiger partial charge in [0.25, 0.3) is 0 Å². The first-order valence-corrected chi connectivity index (χ1v) is 10.1. The van der Waals surface area contributed by atoms with Gasteiger partial charge >= 0.3 is 0 Å². The van der Waals surface area contributed by atoms with Crippen LogP contribution in [0, 0.1) is 0 Å². The molecule has 0 amide bonds. The Kier molecular flexibility index (Phi) is 5.95. The fourth-order valence-electron chi connectivity index (χ4n) is 3.18. The summed E-state index contributed by atoms with van der Waals surface area (Å²) in [5, 5.41) is 4.79. The standard InChI is InChI=1S/C22H20BrN5O/c1-29-21-18(5-2-6-19(21)23)22-26-20(14-17-4-3-10-25-15-17)27-28(22)13-9-16-7-11-24-12-8-16/h2-8,10-12,15H,9,13-14H2,1H3. The van der Waals surface area contributed by atoms with Crippen LogP contribution >= 0.6 is 15.9 Å². The lowest BCUT2D eigenvalue weighted by molar-refractivity contribution is 0.413. The first-order valence-electron chi connectivity index (χ1n) is 9.29. The van der Waals surface area contributed by atoms with E-state index in [1.165, 1.54) is 5.56 Å². The van der Waals surface area contributed by atoms with E-state index in [9.17, 15) is 0 Å². The van der Waals surface area contributed by atoms with E-state index >= 15 is 0 Å². The number of para-hydroxylation sites is 1. The summed E-state index contributed by atoms with van der Waals surface area (Å²) in [5.41, 5.74) is 3.18. The molecule has 0 saturated carbocycles. The van der Waals surface area contributed by atoms with Crippen molar-refractivity contribution in [3.05, 3.63) is 88.7 Å². The van der Waals surface area contributed by atoms with Crippen molar-refractivity contribution in [1.82, 2.24) is 24.7 Å². The number of aryl methyl sites for hydroxylation is 2. The average Bonchev–Trinajstić information content (AvgIpc) is 3.16. The number of benzene rings is 1. The van der Waals surface area contributed by atoms with Gasteiger partial charge in [0.05, 0.1) is 17.1 Å². The van der Waals surface area contributed by atoms with Gasteiger partial charge in [-0.3, -0.25) is 9.97 Å². The second-order valence-electron chi connectivity index (χ2n) is 6.54. The molecule has 6 nitrogen and oxygen atoms in total. The predicted molar refractivity (Wildman–Crippen MR) is 115 cm³/mol. The second-order valence-corrected chi connectivity index (χ2v) is 7.39. The van der Waals surface area contributed by atoms with Crippen LogP contribution in [0.1, 0.15) is 17.0 Å². The highest BCUT2D eigenvalue weighted by Gasteiger charge is 2.18. The molecule has 0 aliphatic rings. The van der Waals surface area contributed by atoms with Gasteiger partial charge in [0.15, 0.2) is 11.6 Å². The molecular formula is C22H20BrN5O. The summed E-state index contributed by atoms with van der Waals surface area (Å²) in [6.45, 7) is 0.703. The number of rotatable bonds is 7. The number of halogens is 1. The van der Waals surface area contributed by atoms with Gasteiger partial charge in [0.1, 0.15) is 5.75 Å². The second kappa shape index (κ2) is 8.96. The highest BCUT2D eigenvalue weighted by Crippen LogP contribution is 2.35. The van der Waals surface area contributed by atoms with Crippen molar-refractivity contribution in [2.24, 2.45) is 0 Å². The highest BCUT2D eigenvalue weighted by molar-refractivity contribution is 9.10. The van der Waals surface area contributed by atoms with E-state index in [0.29, 0.717) is 13.0 Å². The van der Waals surface area contributed by atoms with Crippen LogP contribution in [0.2, 0.25) is 0 Å².